The Morgan fingerprint density at radius 1 is 1.03 bits per heavy atom. The van der Waals surface area contributed by atoms with Gasteiger partial charge >= 0.3 is 5.97 Å². The van der Waals surface area contributed by atoms with E-state index in [0.29, 0.717) is 25.9 Å². The van der Waals surface area contributed by atoms with Crippen LogP contribution in [0.15, 0.2) is 0 Å². The van der Waals surface area contributed by atoms with E-state index in [1.807, 2.05) is 13.8 Å². The van der Waals surface area contributed by atoms with Crippen LogP contribution in [0.1, 0.15) is 40.5 Å². The van der Waals surface area contributed by atoms with Crippen molar-refractivity contribution in [3.63, 3.8) is 0 Å². The number of hydrogen-bond acceptors (Lipinski definition) is 6. The first kappa shape index (κ1) is 25.3. The standard InChI is InChI=1S/C19H31N5O6/c1-10(2)15(20)19(30)24-7-5-6-12(24)17(28)21-8-13(25)23-16(11(3)4)18(29)22-9-14(26)27/h8-12,15-16H,5-7,20H2,1-4H3,(H,21,28)(H,22,29)(H,23,25)(H,26,27). The molecule has 0 spiro atoms. The number of carboxylic acids is 1. The monoisotopic (exact) mass is 425 g/mol. The zero-order valence-corrected chi connectivity index (χ0v) is 17.7. The molecule has 1 saturated heterocycles. The van der Waals surface area contributed by atoms with Crippen LogP contribution >= 0.6 is 0 Å². The van der Waals surface area contributed by atoms with E-state index in [4.69, 9.17) is 10.8 Å². The third-order valence-electron chi connectivity index (χ3n) is 4.77. The van der Waals surface area contributed by atoms with Crippen LogP contribution < -0.4 is 21.7 Å². The van der Waals surface area contributed by atoms with Crippen molar-refractivity contribution < 1.29 is 29.1 Å². The number of nitrogens with one attached hydrogen (secondary N) is 3. The molecular weight excluding hydrogens is 394 g/mol. The molecule has 11 nitrogen and oxygen atoms in total. The SMILES string of the molecule is CC(C)C(N)C(=O)N1CCCC1C(=O)N[CH]C(=O)NC(C(=O)N[CH]C(=O)O)C(C)C. The molecule has 0 saturated carbocycles. The second-order valence-corrected chi connectivity index (χ2v) is 7.83. The summed E-state index contributed by atoms with van der Waals surface area (Å²) >= 11 is 0. The molecule has 3 atom stereocenters. The topological polar surface area (TPSA) is 171 Å². The molecule has 0 bridgehead atoms. The number of aliphatic carboxylic acids is 1. The highest BCUT2D eigenvalue weighted by atomic mass is 16.4. The molecule has 1 heterocycles. The molecule has 0 aromatic carbocycles. The Morgan fingerprint density at radius 2 is 1.67 bits per heavy atom. The first-order valence-electron chi connectivity index (χ1n) is 9.82. The first-order valence-corrected chi connectivity index (χ1v) is 9.82. The number of amides is 4. The van der Waals surface area contributed by atoms with E-state index in [-0.39, 0.29) is 17.7 Å². The van der Waals surface area contributed by atoms with Crippen molar-refractivity contribution in [2.75, 3.05) is 6.54 Å². The lowest BCUT2D eigenvalue weighted by molar-refractivity contribution is -0.140. The number of carboxylic acid groups (broad SMARTS) is 1. The number of nitrogens with zero attached hydrogens (tertiary/aromatic N) is 1. The second kappa shape index (κ2) is 11.5. The van der Waals surface area contributed by atoms with E-state index < -0.39 is 41.8 Å². The fraction of sp³-hybridized carbons (Fsp3) is 0.632. The smallest absolute Gasteiger partial charge is 0.329 e. The normalized spacial score (nSPS) is 18.1. The van der Waals surface area contributed by atoms with E-state index in [0.717, 1.165) is 6.54 Å². The number of nitrogens with two attached hydrogens (primary N) is 1. The van der Waals surface area contributed by atoms with Gasteiger partial charge in [-0.15, -0.1) is 0 Å². The highest BCUT2D eigenvalue weighted by molar-refractivity contribution is 5.97. The minimum absolute atomic E-state index is 0.0726. The minimum Gasteiger partial charge on any atom is -0.480 e. The molecule has 11 heteroatoms. The molecule has 2 radical (unpaired) electrons. The van der Waals surface area contributed by atoms with Crippen LogP contribution in [-0.4, -0.2) is 64.3 Å². The van der Waals surface area contributed by atoms with Crippen molar-refractivity contribution in [1.82, 2.24) is 20.9 Å². The van der Waals surface area contributed by atoms with Crippen LogP contribution in [0.4, 0.5) is 0 Å². The summed E-state index contributed by atoms with van der Waals surface area (Å²) in [5.74, 6) is -3.99. The van der Waals surface area contributed by atoms with Crippen molar-refractivity contribution in [3.05, 3.63) is 13.1 Å². The highest BCUT2D eigenvalue weighted by Gasteiger charge is 2.37. The maximum Gasteiger partial charge on any atom is 0.329 e. The van der Waals surface area contributed by atoms with Gasteiger partial charge in [0.05, 0.1) is 6.04 Å². The molecule has 6 N–H and O–H groups in total. The molecule has 168 valence electrons. The van der Waals surface area contributed by atoms with Crippen molar-refractivity contribution in [3.8, 4) is 0 Å². The maximum atomic E-state index is 12.5. The number of rotatable bonds is 10. The molecule has 30 heavy (non-hydrogen) atoms. The molecular formula is C19H31N5O6. The van der Waals surface area contributed by atoms with Crippen LogP contribution in [0.5, 0.6) is 0 Å². The van der Waals surface area contributed by atoms with E-state index in [1.165, 1.54) is 4.90 Å². The number of hydrogen-bond donors (Lipinski definition) is 5. The lowest BCUT2D eigenvalue weighted by Crippen LogP contribution is -2.53. The lowest BCUT2D eigenvalue weighted by Gasteiger charge is -2.28. The summed E-state index contributed by atoms with van der Waals surface area (Å²) in [6.45, 7) is 8.85. The lowest BCUT2D eigenvalue weighted by atomic mass is 10.0. The van der Waals surface area contributed by atoms with Gasteiger partial charge in [-0.1, -0.05) is 27.7 Å². The van der Waals surface area contributed by atoms with E-state index in [1.54, 1.807) is 13.8 Å². The summed E-state index contributed by atoms with van der Waals surface area (Å²) < 4.78 is 0. The van der Waals surface area contributed by atoms with Crippen LogP contribution in [-0.2, 0) is 24.0 Å². The Labute approximate surface area is 176 Å². The second-order valence-electron chi connectivity index (χ2n) is 7.83. The maximum absolute atomic E-state index is 12.5. The van der Waals surface area contributed by atoms with Gasteiger partial charge in [-0.05, 0) is 24.7 Å². The van der Waals surface area contributed by atoms with Gasteiger partial charge in [-0.3, -0.25) is 19.2 Å². The highest BCUT2D eigenvalue weighted by Crippen LogP contribution is 2.19. The summed E-state index contributed by atoms with van der Waals surface area (Å²) in [7, 11) is 0. The largest absolute Gasteiger partial charge is 0.480 e. The van der Waals surface area contributed by atoms with E-state index >= 15 is 0 Å². The number of likely N-dealkylation sites (tertiary alicyclic amines) is 1. The van der Waals surface area contributed by atoms with E-state index in [2.05, 4.69) is 16.0 Å². The predicted octanol–water partition coefficient (Wildman–Crippen LogP) is -1.26. The van der Waals surface area contributed by atoms with Gasteiger partial charge in [-0.25, -0.2) is 4.79 Å². The van der Waals surface area contributed by atoms with Gasteiger partial charge in [0.15, 0.2) is 6.54 Å². The zero-order chi connectivity index (χ0) is 23.0. The van der Waals surface area contributed by atoms with E-state index in [9.17, 15) is 24.0 Å². The third kappa shape index (κ3) is 7.29. The van der Waals surface area contributed by atoms with Crippen molar-refractivity contribution >= 4 is 29.6 Å². The van der Waals surface area contributed by atoms with Gasteiger partial charge in [0.25, 0.3) is 0 Å². The first-order chi connectivity index (χ1) is 14.0. The molecule has 3 unspecified atom stereocenters. The molecule has 1 rings (SSSR count). The summed E-state index contributed by atoms with van der Waals surface area (Å²) in [6.07, 6.45) is 1.11. The number of carbonyl (C=O) groups is 5. The van der Waals surface area contributed by atoms with Crippen LogP contribution in [0.3, 0.4) is 0 Å². The van der Waals surface area contributed by atoms with Crippen LogP contribution in [0, 0.1) is 24.9 Å². The molecule has 1 fully saturated rings. The van der Waals surface area contributed by atoms with Gasteiger partial charge in [-0.2, -0.15) is 0 Å². The van der Waals surface area contributed by atoms with Crippen molar-refractivity contribution in [2.24, 2.45) is 17.6 Å². The molecule has 4 amide bonds. The van der Waals surface area contributed by atoms with Crippen molar-refractivity contribution in [1.29, 1.82) is 0 Å². The summed E-state index contributed by atoms with van der Waals surface area (Å²) in [5.41, 5.74) is 5.91. The molecule has 0 aromatic heterocycles. The molecule has 1 aliphatic heterocycles. The molecule has 1 aliphatic rings. The molecule has 0 aromatic rings. The Kier molecular flexibility index (Phi) is 9.70. The Hall–Kier alpha value is -2.69. The Balaban J connectivity index is 2.61. The average molecular weight is 425 g/mol. The zero-order valence-electron chi connectivity index (χ0n) is 17.7. The van der Waals surface area contributed by atoms with Crippen LogP contribution in [0.2, 0.25) is 0 Å². The Morgan fingerprint density at radius 3 is 2.20 bits per heavy atom. The fourth-order valence-corrected chi connectivity index (χ4v) is 2.97. The third-order valence-corrected chi connectivity index (χ3v) is 4.77. The van der Waals surface area contributed by atoms with Crippen LogP contribution in [0.25, 0.3) is 0 Å². The minimum atomic E-state index is -1.33. The predicted molar refractivity (Wildman–Crippen MR) is 107 cm³/mol. The summed E-state index contributed by atoms with van der Waals surface area (Å²) in [4.78, 5) is 61.1. The molecule has 0 aliphatic carbocycles. The summed E-state index contributed by atoms with van der Waals surface area (Å²) in [6, 6.07) is -2.44. The van der Waals surface area contributed by atoms with Gasteiger partial charge in [0, 0.05) is 6.54 Å². The van der Waals surface area contributed by atoms with Gasteiger partial charge in [0.2, 0.25) is 23.6 Å². The van der Waals surface area contributed by atoms with Crippen molar-refractivity contribution in [2.45, 2.75) is 58.7 Å². The fourth-order valence-electron chi connectivity index (χ4n) is 2.97. The number of carbonyl (C=O) groups excluding carboxylic acids is 4. The summed E-state index contributed by atoms with van der Waals surface area (Å²) in [5, 5.41) is 15.5. The van der Waals surface area contributed by atoms with Gasteiger partial charge < -0.3 is 31.7 Å². The Bertz CT molecular complexity index is 666. The average Bonchev–Trinajstić information content (AvgIpc) is 3.16. The van der Waals surface area contributed by atoms with Gasteiger partial charge in [0.1, 0.15) is 18.6 Å². The quantitative estimate of drug-likeness (QED) is 0.291.